The minimum atomic E-state index is 0.630. The smallest absolute Gasteiger partial charge is 0.0345 e. The molecule has 0 saturated carbocycles. The predicted molar refractivity (Wildman–Crippen MR) is 54.5 cm³/mol. The van der Waals surface area contributed by atoms with Gasteiger partial charge in [0.15, 0.2) is 0 Å². The highest BCUT2D eigenvalue weighted by Gasteiger charge is 1.99. The number of rotatable bonds is 1. The van der Waals surface area contributed by atoms with Gasteiger partial charge in [-0.2, -0.15) is 0 Å². The van der Waals surface area contributed by atoms with Crippen LogP contribution in [0.2, 0.25) is 0 Å². The van der Waals surface area contributed by atoms with Gasteiger partial charge in [-0.15, -0.1) is 11.3 Å². The number of benzene rings is 1. The van der Waals surface area contributed by atoms with Gasteiger partial charge in [0.1, 0.15) is 0 Å². The standard InChI is InChI=1S/C10H11NS/c1-7-6-12-10-3-2-8(5-11)4-9(7)10/h2-4,6H,5,11H2,1H3. The van der Waals surface area contributed by atoms with Crippen LogP contribution in [0, 0.1) is 6.92 Å². The van der Waals surface area contributed by atoms with Crippen molar-refractivity contribution in [1.29, 1.82) is 0 Å². The summed E-state index contributed by atoms with van der Waals surface area (Å²) in [4.78, 5) is 0. The second-order valence-electron chi connectivity index (χ2n) is 2.95. The van der Waals surface area contributed by atoms with Crippen molar-refractivity contribution in [2.24, 2.45) is 5.73 Å². The van der Waals surface area contributed by atoms with Gasteiger partial charge in [-0.1, -0.05) is 6.07 Å². The summed E-state index contributed by atoms with van der Waals surface area (Å²) in [7, 11) is 0. The third kappa shape index (κ3) is 1.13. The fourth-order valence-electron chi connectivity index (χ4n) is 1.33. The van der Waals surface area contributed by atoms with E-state index >= 15 is 0 Å². The molecule has 0 bridgehead atoms. The molecular formula is C10H11NS. The van der Waals surface area contributed by atoms with Crippen molar-refractivity contribution in [2.45, 2.75) is 13.5 Å². The average Bonchev–Trinajstić information content (AvgIpc) is 2.47. The summed E-state index contributed by atoms with van der Waals surface area (Å²) in [6.45, 7) is 2.77. The molecule has 0 aliphatic rings. The molecule has 0 fully saturated rings. The Kier molecular flexibility index (Phi) is 1.87. The van der Waals surface area contributed by atoms with E-state index < -0.39 is 0 Å². The van der Waals surface area contributed by atoms with Gasteiger partial charge < -0.3 is 5.73 Å². The topological polar surface area (TPSA) is 26.0 Å². The Morgan fingerprint density at radius 2 is 2.25 bits per heavy atom. The van der Waals surface area contributed by atoms with Gasteiger partial charge in [0.05, 0.1) is 0 Å². The molecule has 1 aromatic carbocycles. The van der Waals surface area contributed by atoms with Gasteiger partial charge in [0.2, 0.25) is 0 Å². The Hall–Kier alpha value is -0.860. The molecule has 0 radical (unpaired) electrons. The lowest BCUT2D eigenvalue weighted by Crippen LogP contribution is -1.94. The van der Waals surface area contributed by atoms with Crippen molar-refractivity contribution in [2.75, 3.05) is 0 Å². The average molecular weight is 177 g/mol. The first-order chi connectivity index (χ1) is 5.81. The maximum absolute atomic E-state index is 5.56. The van der Waals surface area contributed by atoms with Gasteiger partial charge >= 0.3 is 0 Å². The molecule has 1 aromatic heterocycles. The number of hydrogen-bond acceptors (Lipinski definition) is 2. The molecule has 2 N–H and O–H groups in total. The van der Waals surface area contributed by atoms with Crippen LogP contribution in [-0.2, 0) is 6.54 Å². The molecule has 0 atom stereocenters. The van der Waals surface area contributed by atoms with Crippen LogP contribution in [-0.4, -0.2) is 0 Å². The van der Waals surface area contributed by atoms with Crippen LogP contribution in [0.25, 0.3) is 10.1 Å². The third-order valence-corrected chi connectivity index (χ3v) is 3.15. The summed E-state index contributed by atoms with van der Waals surface area (Å²) in [5.74, 6) is 0. The second-order valence-corrected chi connectivity index (χ2v) is 3.86. The Morgan fingerprint density at radius 1 is 1.42 bits per heavy atom. The van der Waals surface area contributed by atoms with Crippen molar-refractivity contribution in [3.05, 3.63) is 34.7 Å². The minimum Gasteiger partial charge on any atom is -0.326 e. The van der Waals surface area contributed by atoms with Crippen LogP contribution < -0.4 is 5.73 Å². The van der Waals surface area contributed by atoms with E-state index in [9.17, 15) is 0 Å². The number of fused-ring (bicyclic) bond motifs is 1. The molecule has 2 heteroatoms. The quantitative estimate of drug-likeness (QED) is 0.712. The van der Waals surface area contributed by atoms with Crippen molar-refractivity contribution in [1.82, 2.24) is 0 Å². The molecule has 1 heterocycles. The van der Waals surface area contributed by atoms with Crippen molar-refractivity contribution >= 4 is 21.4 Å². The highest BCUT2D eigenvalue weighted by atomic mass is 32.1. The first kappa shape index (κ1) is 7.77. The first-order valence-electron chi connectivity index (χ1n) is 3.98. The van der Waals surface area contributed by atoms with Crippen LogP contribution in [0.4, 0.5) is 0 Å². The normalized spacial score (nSPS) is 10.8. The number of nitrogens with two attached hydrogens (primary N) is 1. The van der Waals surface area contributed by atoms with Crippen molar-refractivity contribution < 1.29 is 0 Å². The monoisotopic (exact) mass is 177 g/mol. The van der Waals surface area contributed by atoms with E-state index in [1.807, 2.05) is 0 Å². The molecule has 0 spiro atoms. The van der Waals surface area contributed by atoms with Crippen LogP contribution in [0.15, 0.2) is 23.6 Å². The first-order valence-corrected chi connectivity index (χ1v) is 4.86. The third-order valence-electron chi connectivity index (χ3n) is 2.07. The van der Waals surface area contributed by atoms with Gasteiger partial charge in [-0.3, -0.25) is 0 Å². The Morgan fingerprint density at radius 3 is 3.00 bits per heavy atom. The van der Waals surface area contributed by atoms with Crippen LogP contribution in [0.1, 0.15) is 11.1 Å². The van der Waals surface area contributed by atoms with E-state index in [2.05, 4.69) is 30.5 Å². The summed E-state index contributed by atoms with van der Waals surface area (Å²) in [5, 5.41) is 3.54. The van der Waals surface area contributed by atoms with Crippen LogP contribution in [0.5, 0.6) is 0 Å². The second kappa shape index (κ2) is 2.88. The molecule has 0 aliphatic carbocycles. The zero-order valence-electron chi connectivity index (χ0n) is 7.00. The fraction of sp³-hybridized carbons (Fsp3) is 0.200. The number of thiophene rings is 1. The fourth-order valence-corrected chi connectivity index (χ4v) is 2.25. The van der Waals surface area contributed by atoms with Gasteiger partial charge in [-0.25, -0.2) is 0 Å². The summed E-state index contributed by atoms with van der Waals surface area (Å²) >= 11 is 1.79. The zero-order chi connectivity index (χ0) is 8.55. The predicted octanol–water partition coefficient (Wildman–Crippen LogP) is 2.67. The molecule has 0 unspecified atom stereocenters. The highest BCUT2D eigenvalue weighted by molar-refractivity contribution is 7.17. The Bertz CT molecular complexity index is 403. The van der Waals surface area contributed by atoms with Crippen molar-refractivity contribution in [3.8, 4) is 0 Å². The van der Waals surface area contributed by atoms with Crippen LogP contribution >= 0.6 is 11.3 Å². The van der Waals surface area contributed by atoms with Gasteiger partial charge in [-0.05, 0) is 40.9 Å². The summed E-state index contributed by atoms with van der Waals surface area (Å²) in [5.41, 5.74) is 8.13. The molecule has 2 rings (SSSR count). The lowest BCUT2D eigenvalue weighted by Gasteiger charge is -1.96. The molecule has 62 valence electrons. The molecular weight excluding hydrogens is 166 g/mol. The van der Waals surface area contributed by atoms with Gasteiger partial charge in [0.25, 0.3) is 0 Å². The maximum atomic E-state index is 5.56. The highest BCUT2D eigenvalue weighted by Crippen LogP contribution is 2.25. The molecule has 1 nitrogen and oxygen atoms in total. The molecule has 0 amide bonds. The summed E-state index contributed by atoms with van der Waals surface area (Å²) < 4.78 is 1.35. The van der Waals surface area contributed by atoms with E-state index in [4.69, 9.17) is 5.73 Å². The van der Waals surface area contributed by atoms with Crippen LogP contribution in [0.3, 0.4) is 0 Å². The molecule has 2 aromatic rings. The lowest BCUT2D eigenvalue weighted by atomic mass is 10.1. The molecule has 12 heavy (non-hydrogen) atoms. The van der Waals surface area contributed by atoms with E-state index in [0.29, 0.717) is 6.54 Å². The summed E-state index contributed by atoms with van der Waals surface area (Å²) in [6, 6.07) is 6.43. The number of aryl methyl sites for hydroxylation is 1. The SMILES string of the molecule is Cc1csc2ccc(CN)cc12. The molecule has 0 aliphatic heterocycles. The molecule has 0 saturated heterocycles. The Labute approximate surface area is 75.8 Å². The lowest BCUT2D eigenvalue weighted by molar-refractivity contribution is 1.08. The van der Waals surface area contributed by atoms with E-state index in [1.165, 1.54) is 21.2 Å². The largest absolute Gasteiger partial charge is 0.326 e. The minimum absolute atomic E-state index is 0.630. The number of hydrogen-bond donors (Lipinski definition) is 1. The van der Waals surface area contributed by atoms with E-state index in [-0.39, 0.29) is 0 Å². The van der Waals surface area contributed by atoms with E-state index in [1.54, 1.807) is 11.3 Å². The Balaban J connectivity index is 2.71. The van der Waals surface area contributed by atoms with Crippen molar-refractivity contribution in [3.63, 3.8) is 0 Å². The maximum Gasteiger partial charge on any atom is 0.0345 e. The van der Waals surface area contributed by atoms with E-state index in [0.717, 1.165) is 0 Å². The van der Waals surface area contributed by atoms with Gasteiger partial charge in [0, 0.05) is 11.2 Å². The zero-order valence-corrected chi connectivity index (χ0v) is 7.82. The summed E-state index contributed by atoms with van der Waals surface area (Å²) in [6.07, 6.45) is 0.